The summed E-state index contributed by atoms with van der Waals surface area (Å²) in [5.41, 5.74) is 6.42. The van der Waals surface area contributed by atoms with Gasteiger partial charge in [0.15, 0.2) is 0 Å². The van der Waals surface area contributed by atoms with Gasteiger partial charge >= 0.3 is 0 Å². The zero-order valence-corrected chi connectivity index (χ0v) is 7.02. The number of aryl methyl sites for hydroxylation is 1. The van der Waals surface area contributed by atoms with Gasteiger partial charge in [0.05, 0.1) is 0 Å². The van der Waals surface area contributed by atoms with Gasteiger partial charge in [-0.1, -0.05) is 13.2 Å². The van der Waals surface area contributed by atoms with Crippen LogP contribution in [0.4, 0.5) is 5.95 Å². The first-order chi connectivity index (χ1) is 5.61. The minimum Gasteiger partial charge on any atom is -0.368 e. The summed E-state index contributed by atoms with van der Waals surface area (Å²) in [6.07, 6.45) is 1.72. The summed E-state index contributed by atoms with van der Waals surface area (Å²) < 4.78 is 0. The van der Waals surface area contributed by atoms with Gasteiger partial charge in [-0.15, -0.1) is 5.10 Å². The number of nitrogen functional groups attached to an aromatic ring is 1. The lowest BCUT2D eigenvalue weighted by Crippen LogP contribution is -2.27. The van der Waals surface area contributed by atoms with E-state index in [0.717, 1.165) is 10.8 Å². The smallest absolute Gasteiger partial charge is 0.215 e. The molecule has 0 spiro atoms. The van der Waals surface area contributed by atoms with Crippen molar-refractivity contribution in [2.75, 3.05) is 5.73 Å². The number of hydrogen-bond acceptors (Lipinski definition) is 2. The summed E-state index contributed by atoms with van der Waals surface area (Å²) in [5.74, 6) is 0.282. The maximum atomic E-state index is 5.45. The standard InChI is InChI=1S/C8H12N4/c1-5-4-10-12-8(9)11-7(3)6(5)2/h4,10H,2-3H2,1H3,(H3,9,11,12). The van der Waals surface area contributed by atoms with Crippen molar-refractivity contribution < 1.29 is 0 Å². The fourth-order valence-electron chi connectivity index (χ4n) is 0.782. The van der Waals surface area contributed by atoms with Crippen molar-refractivity contribution in [2.24, 2.45) is 0 Å². The van der Waals surface area contributed by atoms with E-state index in [1.54, 1.807) is 6.20 Å². The molecule has 0 radical (unpaired) electrons. The fraction of sp³-hybridized carbons (Fsp3) is 0.125. The van der Waals surface area contributed by atoms with Gasteiger partial charge in [0.2, 0.25) is 5.95 Å². The van der Waals surface area contributed by atoms with Gasteiger partial charge < -0.3 is 10.7 Å². The Morgan fingerprint density at radius 3 is 2.83 bits per heavy atom. The number of aromatic nitrogens is 3. The first-order valence-corrected chi connectivity index (χ1v) is 3.52. The molecule has 4 N–H and O–H groups in total. The van der Waals surface area contributed by atoms with Crippen molar-refractivity contribution in [3.63, 3.8) is 0 Å². The van der Waals surface area contributed by atoms with E-state index in [1.807, 2.05) is 6.92 Å². The molecule has 0 atom stereocenters. The van der Waals surface area contributed by atoms with Crippen molar-refractivity contribution in [3.8, 4) is 0 Å². The van der Waals surface area contributed by atoms with E-state index in [2.05, 4.69) is 28.3 Å². The van der Waals surface area contributed by atoms with Crippen LogP contribution < -0.4 is 16.3 Å². The topological polar surface area (TPSA) is 70.5 Å². The van der Waals surface area contributed by atoms with Gasteiger partial charge in [-0.2, -0.15) is 0 Å². The van der Waals surface area contributed by atoms with E-state index in [4.69, 9.17) is 5.73 Å². The monoisotopic (exact) mass is 164 g/mol. The summed E-state index contributed by atoms with van der Waals surface area (Å²) in [4.78, 5) is 2.79. The molecule has 4 nitrogen and oxygen atoms in total. The number of rotatable bonds is 0. The van der Waals surface area contributed by atoms with Crippen molar-refractivity contribution in [3.05, 3.63) is 22.3 Å². The van der Waals surface area contributed by atoms with E-state index in [0.29, 0.717) is 5.35 Å². The molecular formula is C8H12N4. The molecule has 12 heavy (non-hydrogen) atoms. The van der Waals surface area contributed by atoms with Crippen LogP contribution in [0.1, 0.15) is 5.56 Å². The van der Waals surface area contributed by atoms with Crippen LogP contribution in [0.25, 0.3) is 13.2 Å². The molecule has 0 bridgehead atoms. The minimum absolute atomic E-state index is 0.282. The van der Waals surface area contributed by atoms with Crippen LogP contribution >= 0.6 is 0 Å². The van der Waals surface area contributed by atoms with Gasteiger partial charge in [0.25, 0.3) is 0 Å². The number of aromatic amines is 2. The predicted octanol–water partition coefficient (Wildman–Crippen LogP) is -0.427. The Kier molecular flexibility index (Phi) is 2.19. The number of nitrogens with zero attached hydrogens (tertiary/aromatic N) is 1. The maximum Gasteiger partial charge on any atom is 0.215 e. The molecule has 1 aromatic rings. The summed E-state index contributed by atoms with van der Waals surface area (Å²) in [5, 5.41) is 7.94. The normalized spacial score (nSPS) is 9.42. The van der Waals surface area contributed by atoms with Crippen LogP contribution in [-0.4, -0.2) is 15.2 Å². The van der Waals surface area contributed by atoms with E-state index < -0.39 is 0 Å². The van der Waals surface area contributed by atoms with Crippen LogP contribution in [0, 0.1) is 6.92 Å². The zero-order valence-electron chi connectivity index (χ0n) is 7.02. The van der Waals surface area contributed by atoms with Crippen LogP contribution in [-0.2, 0) is 0 Å². The molecule has 1 rings (SSSR count). The van der Waals surface area contributed by atoms with Gasteiger partial charge in [0.1, 0.15) is 0 Å². The summed E-state index contributed by atoms with van der Waals surface area (Å²) in [7, 11) is 0. The highest BCUT2D eigenvalue weighted by Crippen LogP contribution is 1.77. The molecule has 64 valence electrons. The van der Waals surface area contributed by atoms with Gasteiger partial charge in [0, 0.05) is 11.5 Å². The number of nitrogens with two attached hydrogens (primary N) is 1. The maximum absolute atomic E-state index is 5.45. The van der Waals surface area contributed by atoms with Gasteiger partial charge in [-0.25, -0.2) is 0 Å². The number of H-pyrrole nitrogens is 2. The molecule has 0 aliphatic rings. The van der Waals surface area contributed by atoms with Crippen LogP contribution in [0.5, 0.6) is 0 Å². The summed E-state index contributed by atoms with van der Waals surface area (Å²) >= 11 is 0. The quantitative estimate of drug-likeness (QED) is 0.487. The molecule has 1 heterocycles. The SMILES string of the molecule is C=c1[nH]c(N)n[nH]cc(C)c1=C. The van der Waals surface area contributed by atoms with Crippen molar-refractivity contribution in [2.45, 2.75) is 6.92 Å². The summed E-state index contributed by atoms with van der Waals surface area (Å²) in [6, 6.07) is 0. The van der Waals surface area contributed by atoms with Gasteiger partial charge in [-0.05, 0) is 17.7 Å². The van der Waals surface area contributed by atoms with E-state index in [9.17, 15) is 0 Å². The molecule has 0 fully saturated rings. The van der Waals surface area contributed by atoms with E-state index in [1.165, 1.54) is 0 Å². The lowest BCUT2D eigenvalue weighted by molar-refractivity contribution is 0.991. The molecule has 0 saturated heterocycles. The highest BCUT2D eigenvalue weighted by atomic mass is 15.2. The third-order valence-electron chi connectivity index (χ3n) is 1.59. The van der Waals surface area contributed by atoms with Gasteiger partial charge in [-0.3, -0.25) is 5.10 Å². The largest absolute Gasteiger partial charge is 0.368 e. The highest BCUT2D eigenvalue weighted by Gasteiger charge is 1.84. The highest BCUT2D eigenvalue weighted by molar-refractivity contribution is 5.19. The third-order valence-corrected chi connectivity index (χ3v) is 1.59. The van der Waals surface area contributed by atoms with Crippen LogP contribution in [0.2, 0.25) is 0 Å². The van der Waals surface area contributed by atoms with Crippen molar-refractivity contribution >= 4 is 19.1 Å². The number of nitrogens with one attached hydrogen (secondary N) is 2. The van der Waals surface area contributed by atoms with Crippen LogP contribution in [0.15, 0.2) is 6.20 Å². The summed E-state index contributed by atoms with van der Waals surface area (Å²) in [6.45, 7) is 9.50. The molecule has 0 aliphatic carbocycles. The molecular weight excluding hydrogens is 152 g/mol. The second-order valence-electron chi connectivity index (χ2n) is 2.54. The Labute approximate surface area is 70.1 Å². The predicted molar refractivity (Wildman–Crippen MR) is 50.0 cm³/mol. The first kappa shape index (κ1) is 8.39. The molecule has 4 heteroatoms. The minimum atomic E-state index is 0.282. The second kappa shape index (κ2) is 3.13. The fourth-order valence-corrected chi connectivity index (χ4v) is 0.782. The van der Waals surface area contributed by atoms with Crippen LogP contribution in [0.3, 0.4) is 0 Å². The Balaban J connectivity index is 3.67. The van der Waals surface area contributed by atoms with Crippen molar-refractivity contribution in [1.29, 1.82) is 0 Å². The average Bonchev–Trinajstić information content (AvgIpc) is 2.01. The lowest BCUT2D eigenvalue weighted by atomic mass is 10.3. The zero-order chi connectivity index (χ0) is 9.14. The molecule has 0 saturated carbocycles. The molecule has 0 unspecified atom stereocenters. The van der Waals surface area contributed by atoms with E-state index in [-0.39, 0.29) is 5.95 Å². The number of anilines is 1. The molecule has 1 aromatic heterocycles. The Bertz CT molecular complexity index is 411. The molecule has 0 amide bonds. The molecule has 0 aliphatic heterocycles. The average molecular weight is 164 g/mol. The number of hydrogen-bond donors (Lipinski definition) is 3. The Morgan fingerprint density at radius 1 is 1.50 bits per heavy atom. The van der Waals surface area contributed by atoms with Crippen molar-refractivity contribution in [1.82, 2.24) is 15.2 Å². The van der Waals surface area contributed by atoms with E-state index >= 15 is 0 Å². The first-order valence-electron chi connectivity index (χ1n) is 3.52. The molecule has 0 aromatic carbocycles. The third kappa shape index (κ3) is 1.66. The lowest BCUT2D eigenvalue weighted by Gasteiger charge is -1.92. The Morgan fingerprint density at radius 2 is 2.17 bits per heavy atom. The second-order valence-corrected chi connectivity index (χ2v) is 2.54. The Hall–Kier alpha value is -1.71.